The summed E-state index contributed by atoms with van der Waals surface area (Å²) in [7, 11) is 0. The molecule has 0 unspecified atom stereocenters. The van der Waals surface area contributed by atoms with Gasteiger partial charge in [0.2, 0.25) is 5.91 Å². The van der Waals surface area contributed by atoms with Crippen molar-refractivity contribution in [3.8, 4) is 0 Å². The zero-order chi connectivity index (χ0) is 19.5. The number of imidazole rings is 1. The average molecular weight is 382 g/mol. The van der Waals surface area contributed by atoms with Crippen LogP contribution in [-0.2, 0) is 11.3 Å². The smallest absolute Gasteiger partial charge is 0.326 e. The molecule has 4 rings (SSSR count). The van der Waals surface area contributed by atoms with Crippen LogP contribution < -0.4 is 11.0 Å². The summed E-state index contributed by atoms with van der Waals surface area (Å²) in [4.78, 5) is 29.6. The molecular weight excluding hydrogens is 359 g/mol. The number of amides is 1. The van der Waals surface area contributed by atoms with Crippen molar-refractivity contribution >= 4 is 16.9 Å². The van der Waals surface area contributed by atoms with Gasteiger partial charge in [0.15, 0.2) is 0 Å². The van der Waals surface area contributed by atoms with E-state index in [0.29, 0.717) is 13.1 Å². The molecule has 7 heteroatoms. The summed E-state index contributed by atoms with van der Waals surface area (Å²) in [6.07, 6.45) is 1.65. The molecule has 1 amide bonds. The lowest BCUT2D eigenvalue weighted by atomic mass is 10.0. The highest BCUT2D eigenvalue weighted by molar-refractivity contribution is 5.78. The Morgan fingerprint density at radius 2 is 1.82 bits per heavy atom. The monoisotopic (exact) mass is 382 g/mol. The highest BCUT2D eigenvalue weighted by Gasteiger charge is 2.24. The topological polar surface area (TPSA) is 70.1 Å². The summed E-state index contributed by atoms with van der Waals surface area (Å²) in [5.41, 5.74) is 2.59. The summed E-state index contributed by atoms with van der Waals surface area (Å²) in [6, 6.07) is 14.0. The minimum Gasteiger partial charge on any atom is -0.351 e. The van der Waals surface area contributed by atoms with Crippen LogP contribution in [0.15, 0.2) is 53.3 Å². The number of halogens is 1. The van der Waals surface area contributed by atoms with Crippen LogP contribution in [0.4, 0.5) is 4.39 Å². The first kappa shape index (κ1) is 18.4. The van der Waals surface area contributed by atoms with E-state index in [2.05, 4.69) is 15.2 Å². The van der Waals surface area contributed by atoms with Crippen LogP contribution in [0.1, 0.15) is 24.4 Å². The summed E-state index contributed by atoms with van der Waals surface area (Å²) < 4.78 is 14.8. The number of nitrogens with zero attached hydrogens (tertiary/aromatic N) is 2. The predicted octanol–water partition coefficient (Wildman–Crippen LogP) is 2.42. The molecular formula is C21H23FN4O2. The maximum absolute atomic E-state index is 12.9. The second-order valence-corrected chi connectivity index (χ2v) is 7.23. The first-order chi connectivity index (χ1) is 13.6. The lowest BCUT2D eigenvalue weighted by molar-refractivity contribution is -0.122. The molecule has 28 heavy (non-hydrogen) atoms. The predicted molar refractivity (Wildman–Crippen MR) is 106 cm³/mol. The van der Waals surface area contributed by atoms with Crippen molar-refractivity contribution in [3.05, 3.63) is 70.4 Å². The number of likely N-dealkylation sites (tertiary alicyclic amines) is 1. The SMILES string of the molecule is O=C(CN1CCC(n2c(=O)[nH]c3ccccc32)CC1)NCc1ccc(F)cc1. The van der Waals surface area contributed by atoms with E-state index >= 15 is 0 Å². The van der Waals surface area contributed by atoms with E-state index in [9.17, 15) is 14.0 Å². The molecule has 0 saturated carbocycles. The molecule has 2 heterocycles. The fourth-order valence-electron chi connectivity index (χ4n) is 3.83. The van der Waals surface area contributed by atoms with Gasteiger partial charge >= 0.3 is 5.69 Å². The number of piperidine rings is 1. The third-order valence-electron chi connectivity index (χ3n) is 5.32. The Hall–Kier alpha value is -2.93. The third kappa shape index (κ3) is 3.99. The number of benzene rings is 2. The number of aromatic amines is 1. The van der Waals surface area contributed by atoms with Gasteiger partial charge in [0.25, 0.3) is 0 Å². The first-order valence-corrected chi connectivity index (χ1v) is 9.53. The Kier molecular flexibility index (Phi) is 5.25. The molecule has 0 radical (unpaired) electrons. The summed E-state index contributed by atoms with van der Waals surface area (Å²) >= 11 is 0. The highest BCUT2D eigenvalue weighted by atomic mass is 19.1. The Morgan fingerprint density at radius 1 is 1.11 bits per heavy atom. The second-order valence-electron chi connectivity index (χ2n) is 7.23. The van der Waals surface area contributed by atoms with Crippen LogP contribution in [0.5, 0.6) is 0 Å². The first-order valence-electron chi connectivity index (χ1n) is 9.53. The van der Waals surface area contributed by atoms with Crippen molar-refractivity contribution < 1.29 is 9.18 Å². The molecule has 0 atom stereocenters. The van der Waals surface area contributed by atoms with E-state index in [4.69, 9.17) is 0 Å². The summed E-state index contributed by atoms with van der Waals surface area (Å²) in [5.74, 6) is -0.334. The molecule has 1 fully saturated rings. The standard InChI is InChI=1S/C21H23FN4O2/c22-16-7-5-15(6-8-16)13-23-20(27)14-25-11-9-17(10-12-25)26-19-4-2-1-3-18(19)24-21(26)28/h1-8,17H,9-14H2,(H,23,27)(H,24,28). The number of hydrogen-bond donors (Lipinski definition) is 2. The Bertz CT molecular complexity index is 1020. The van der Waals surface area contributed by atoms with E-state index in [-0.39, 0.29) is 23.5 Å². The number of H-pyrrole nitrogens is 1. The number of aromatic nitrogens is 2. The van der Waals surface area contributed by atoms with Crippen LogP contribution in [0, 0.1) is 5.82 Å². The number of fused-ring (bicyclic) bond motifs is 1. The van der Waals surface area contributed by atoms with Crippen LogP contribution in [-0.4, -0.2) is 40.0 Å². The zero-order valence-electron chi connectivity index (χ0n) is 15.5. The molecule has 3 aromatic rings. The number of nitrogens with one attached hydrogen (secondary N) is 2. The molecule has 146 valence electrons. The van der Waals surface area contributed by atoms with E-state index in [0.717, 1.165) is 42.5 Å². The minimum absolute atomic E-state index is 0.0490. The van der Waals surface area contributed by atoms with Crippen LogP contribution >= 0.6 is 0 Å². The van der Waals surface area contributed by atoms with Gasteiger partial charge in [0.05, 0.1) is 17.6 Å². The highest BCUT2D eigenvalue weighted by Crippen LogP contribution is 2.24. The van der Waals surface area contributed by atoms with E-state index < -0.39 is 0 Å². The second kappa shape index (κ2) is 7.98. The Labute approximate surface area is 162 Å². The molecule has 1 aliphatic rings. The number of rotatable bonds is 5. The van der Waals surface area contributed by atoms with Crippen LogP contribution in [0.25, 0.3) is 11.0 Å². The van der Waals surface area contributed by atoms with Crippen molar-refractivity contribution in [1.82, 2.24) is 19.8 Å². The Balaban J connectivity index is 1.30. The normalized spacial score (nSPS) is 15.8. The van der Waals surface area contributed by atoms with E-state index in [1.807, 2.05) is 28.8 Å². The van der Waals surface area contributed by atoms with Crippen molar-refractivity contribution in [3.63, 3.8) is 0 Å². The van der Waals surface area contributed by atoms with Gasteiger partial charge in [-0.2, -0.15) is 0 Å². The average Bonchev–Trinajstić information content (AvgIpc) is 3.04. The van der Waals surface area contributed by atoms with E-state index in [1.54, 1.807) is 12.1 Å². The van der Waals surface area contributed by atoms with Gasteiger partial charge in [-0.3, -0.25) is 14.3 Å². The number of para-hydroxylation sites is 2. The molecule has 1 aromatic heterocycles. The summed E-state index contributed by atoms with van der Waals surface area (Å²) in [5, 5.41) is 2.87. The lowest BCUT2D eigenvalue weighted by Crippen LogP contribution is -2.42. The molecule has 0 bridgehead atoms. The molecule has 2 N–H and O–H groups in total. The van der Waals surface area contributed by atoms with Gasteiger partial charge in [-0.05, 0) is 42.7 Å². The van der Waals surface area contributed by atoms with Gasteiger partial charge < -0.3 is 10.3 Å². The third-order valence-corrected chi connectivity index (χ3v) is 5.32. The number of carbonyl (C=O) groups excluding carboxylic acids is 1. The maximum atomic E-state index is 12.9. The molecule has 1 saturated heterocycles. The number of hydrogen-bond acceptors (Lipinski definition) is 3. The van der Waals surface area contributed by atoms with Crippen molar-refractivity contribution in [2.24, 2.45) is 0 Å². The molecule has 0 spiro atoms. The van der Waals surface area contributed by atoms with Gasteiger partial charge in [-0.15, -0.1) is 0 Å². The van der Waals surface area contributed by atoms with Gasteiger partial charge in [0, 0.05) is 25.7 Å². The van der Waals surface area contributed by atoms with Gasteiger partial charge in [-0.25, -0.2) is 9.18 Å². The van der Waals surface area contributed by atoms with Crippen molar-refractivity contribution in [1.29, 1.82) is 0 Å². The van der Waals surface area contributed by atoms with Crippen LogP contribution in [0.2, 0.25) is 0 Å². The summed E-state index contributed by atoms with van der Waals surface area (Å²) in [6.45, 7) is 2.25. The van der Waals surface area contributed by atoms with E-state index in [1.165, 1.54) is 12.1 Å². The number of carbonyl (C=O) groups is 1. The van der Waals surface area contributed by atoms with Gasteiger partial charge in [0.1, 0.15) is 5.82 Å². The lowest BCUT2D eigenvalue weighted by Gasteiger charge is -2.32. The Morgan fingerprint density at radius 3 is 2.57 bits per heavy atom. The van der Waals surface area contributed by atoms with Crippen molar-refractivity contribution in [2.75, 3.05) is 19.6 Å². The fraction of sp³-hybridized carbons (Fsp3) is 0.333. The van der Waals surface area contributed by atoms with Crippen LogP contribution in [0.3, 0.4) is 0 Å². The molecule has 0 aliphatic carbocycles. The largest absolute Gasteiger partial charge is 0.351 e. The van der Waals surface area contributed by atoms with Crippen molar-refractivity contribution in [2.45, 2.75) is 25.4 Å². The maximum Gasteiger partial charge on any atom is 0.326 e. The molecule has 6 nitrogen and oxygen atoms in total. The van der Waals surface area contributed by atoms with Gasteiger partial charge in [-0.1, -0.05) is 24.3 Å². The fourth-order valence-corrected chi connectivity index (χ4v) is 3.83. The molecule has 2 aromatic carbocycles. The molecule has 1 aliphatic heterocycles. The zero-order valence-corrected chi connectivity index (χ0v) is 15.5. The quantitative estimate of drug-likeness (QED) is 0.712. The minimum atomic E-state index is -0.285.